The number of aromatic nitrogens is 2. The predicted octanol–water partition coefficient (Wildman–Crippen LogP) is 2.55. The van der Waals surface area contributed by atoms with E-state index >= 15 is 0 Å². The molecule has 0 aliphatic carbocycles. The van der Waals surface area contributed by atoms with Crippen molar-refractivity contribution in [3.63, 3.8) is 0 Å². The molecule has 2 heterocycles. The number of rotatable bonds is 5. The summed E-state index contributed by atoms with van der Waals surface area (Å²) in [5, 5.41) is 10.4. The number of amides is 2. The minimum Gasteiger partial charge on any atom is -0.407 e. The number of anilines is 2. The maximum atomic E-state index is 12.5. The fourth-order valence-electron chi connectivity index (χ4n) is 3.32. The topological polar surface area (TPSA) is 122 Å². The van der Waals surface area contributed by atoms with Crippen LogP contribution in [0.1, 0.15) is 34.2 Å². The van der Waals surface area contributed by atoms with Crippen molar-refractivity contribution in [2.75, 3.05) is 23.0 Å². The third-order valence-corrected chi connectivity index (χ3v) is 6.15. The van der Waals surface area contributed by atoms with Gasteiger partial charge in [0.05, 0.1) is 10.8 Å². The Morgan fingerprint density at radius 1 is 1.10 bits per heavy atom. The largest absolute Gasteiger partial charge is 0.407 e. The maximum Gasteiger partial charge on any atom is 0.322 e. The van der Waals surface area contributed by atoms with Crippen LogP contribution in [-0.4, -0.2) is 43.2 Å². The molecule has 10 heteroatoms. The fraction of sp³-hybridized carbons (Fsp3) is 0.238. The Labute approximate surface area is 179 Å². The first kappa shape index (κ1) is 20.7. The summed E-state index contributed by atoms with van der Waals surface area (Å²) < 4.78 is 28.8. The zero-order chi connectivity index (χ0) is 22.2. The summed E-state index contributed by atoms with van der Waals surface area (Å²) in [6, 6.07) is 13.1. The number of nitrogens with zero attached hydrogens (tertiary/aromatic N) is 3. The van der Waals surface area contributed by atoms with Crippen LogP contribution in [0.4, 0.5) is 11.7 Å². The van der Waals surface area contributed by atoms with Gasteiger partial charge < -0.3 is 9.32 Å². The lowest BCUT2D eigenvalue weighted by Gasteiger charge is -2.16. The van der Waals surface area contributed by atoms with E-state index in [1.165, 1.54) is 12.1 Å². The van der Waals surface area contributed by atoms with Crippen LogP contribution < -0.4 is 10.2 Å². The number of carbonyl (C=O) groups is 2. The second kappa shape index (κ2) is 7.95. The van der Waals surface area contributed by atoms with Crippen LogP contribution in [0.15, 0.2) is 57.8 Å². The first-order valence-electron chi connectivity index (χ1n) is 9.52. The first-order valence-corrected chi connectivity index (χ1v) is 11.4. The van der Waals surface area contributed by atoms with Crippen LogP contribution in [0.25, 0.3) is 0 Å². The Kier molecular flexibility index (Phi) is 5.32. The second-order valence-corrected chi connectivity index (χ2v) is 9.45. The molecule has 0 bridgehead atoms. The van der Waals surface area contributed by atoms with Gasteiger partial charge >= 0.3 is 6.01 Å². The average Bonchev–Trinajstić information content (AvgIpc) is 3.34. The summed E-state index contributed by atoms with van der Waals surface area (Å²) in [7, 11) is -3.31. The van der Waals surface area contributed by atoms with E-state index in [0.29, 0.717) is 17.8 Å². The van der Waals surface area contributed by atoms with Crippen molar-refractivity contribution in [2.24, 2.45) is 0 Å². The van der Waals surface area contributed by atoms with Crippen molar-refractivity contribution in [3.05, 3.63) is 65.5 Å². The molecule has 2 amide bonds. The van der Waals surface area contributed by atoms with Gasteiger partial charge in [-0.3, -0.25) is 14.9 Å². The highest BCUT2D eigenvalue weighted by atomic mass is 32.2. The summed E-state index contributed by atoms with van der Waals surface area (Å²) >= 11 is 0. The van der Waals surface area contributed by atoms with E-state index in [-0.39, 0.29) is 41.0 Å². The summed E-state index contributed by atoms with van der Waals surface area (Å²) in [5.74, 6) is -0.590. The quantitative estimate of drug-likeness (QED) is 0.647. The molecule has 1 fully saturated rings. The van der Waals surface area contributed by atoms with E-state index in [9.17, 15) is 18.0 Å². The van der Waals surface area contributed by atoms with Crippen molar-refractivity contribution >= 4 is 33.4 Å². The molecule has 1 aliphatic heterocycles. The highest BCUT2D eigenvalue weighted by molar-refractivity contribution is 7.90. The molecule has 3 aromatic rings. The number of aryl methyl sites for hydroxylation is 1. The van der Waals surface area contributed by atoms with Gasteiger partial charge in [0.2, 0.25) is 11.8 Å². The SMILES string of the molecule is Cc1ccc(C(=O)Nc2nnc(C3CC(=O)N(c4ccc(S(C)(=O)=O)cc4)C3)o2)cc1. The van der Waals surface area contributed by atoms with Gasteiger partial charge in [-0.1, -0.05) is 22.8 Å². The smallest absolute Gasteiger partial charge is 0.322 e. The monoisotopic (exact) mass is 440 g/mol. The average molecular weight is 440 g/mol. The van der Waals surface area contributed by atoms with Gasteiger partial charge in [0, 0.05) is 30.5 Å². The molecule has 1 aliphatic rings. The normalized spacial score (nSPS) is 16.5. The van der Waals surface area contributed by atoms with Crippen LogP contribution in [-0.2, 0) is 14.6 Å². The third kappa shape index (κ3) is 4.48. The number of nitrogens with one attached hydrogen (secondary N) is 1. The number of hydrogen-bond acceptors (Lipinski definition) is 7. The van der Waals surface area contributed by atoms with Crippen LogP contribution in [0.3, 0.4) is 0 Å². The van der Waals surface area contributed by atoms with Gasteiger partial charge in [0.25, 0.3) is 5.91 Å². The van der Waals surface area contributed by atoms with Crippen LogP contribution in [0.5, 0.6) is 0 Å². The Balaban J connectivity index is 1.44. The Morgan fingerprint density at radius 2 is 1.77 bits per heavy atom. The summed E-state index contributed by atoms with van der Waals surface area (Å²) in [5.41, 5.74) is 2.09. The number of carbonyl (C=O) groups excluding carboxylic acids is 2. The van der Waals surface area contributed by atoms with Gasteiger partial charge in [-0.25, -0.2) is 8.42 Å². The minimum absolute atomic E-state index is 0.0380. The molecule has 0 radical (unpaired) electrons. The summed E-state index contributed by atoms with van der Waals surface area (Å²) in [6.07, 6.45) is 1.30. The van der Waals surface area contributed by atoms with Crippen molar-refractivity contribution in [1.82, 2.24) is 10.2 Å². The van der Waals surface area contributed by atoms with Crippen LogP contribution in [0, 0.1) is 6.92 Å². The molecule has 1 aromatic heterocycles. The standard InChI is InChI=1S/C21H20N4O5S/c1-13-3-5-14(6-4-13)19(27)22-21-24-23-20(30-21)15-11-18(26)25(12-15)16-7-9-17(10-8-16)31(2,28)29/h3-10,15H,11-12H2,1-2H3,(H,22,24,27). The van der Waals surface area contributed by atoms with E-state index < -0.39 is 9.84 Å². The molecule has 9 nitrogen and oxygen atoms in total. The molecule has 2 aromatic carbocycles. The Bertz CT molecular complexity index is 1230. The van der Waals surface area contributed by atoms with E-state index in [2.05, 4.69) is 15.5 Å². The van der Waals surface area contributed by atoms with Crippen molar-refractivity contribution in [1.29, 1.82) is 0 Å². The molecule has 0 spiro atoms. The zero-order valence-electron chi connectivity index (χ0n) is 16.9. The fourth-order valence-corrected chi connectivity index (χ4v) is 3.95. The number of benzene rings is 2. The van der Waals surface area contributed by atoms with Gasteiger partial charge in [0.15, 0.2) is 9.84 Å². The van der Waals surface area contributed by atoms with E-state index in [1.54, 1.807) is 29.2 Å². The highest BCUT2D eigenvalue weighted by Gasteiger charge is 2.35. The lowest BCUT2D eigenvalue weighted by atomic mass is 10.1. The molecule has 1 saturated heterocycles. The predicted molar refractivity (Wildman–Crippen MR) is 113 cm³/mol. The molecule has 160 valence electrons. The second-order valence-electron chi connectivity index (χ2n) is 7.44. The van der Waals surface area contributed by atoms with Gasteiger partial charge in [0.1, 0.15) is 0 Å². The van der Waals surface area contributed by atoms with Crippen molar-refractivity contribution in [3.8, 4) is 0 Å². The molecule has 1 atom stereocenters. The molecule has 0 saturated carbocycles. The lowest BCUT2D eigenvalue weighted by molar-refractivity contribution is -0.117. The molecular weight excluding hydrogens is 420 g/mol. The van der Waals surface area contributed by atoms with Crippen molar-refractivity contribution < 1.29 is 22.4 Å². The molecule has 31 heavy (non-hydrogen) atoms. The van der Waals surface area contributed by atoms with E-state index in [1.807, 2.05) is 19.1 Å². The summed E-state index contributed by atoms with van der Waals surface area (Å²) in [4.78, 5) is 26.5. The molecule has 1 N–H and O–H groups in total. The van der Waals surface area contributed by atoms with Crippen LogP contribution in [0.2, 0.25) is 0 Å². The Hall–Kier alpha value is -3.53. The molecule has 4 rings (SSSR count). The molecule has 1 unspecified atom stereocenters. The van der Waals surface area contributed by atoms with Crippen molar-refractivity contribution in [2.45, 2.75) is 24.2 Å². The van der Waals surface area contributed by atoms with Gasteiger partial charge in [-0.15, -0.1) is 5.10 Å². The maximum absolute atomic E-state index is 12.5. The number of sulfone groups is 1. The van der Waals surface area contributed by atoms with E-state index in [4.69, 9.17) is 4.42 Å². The van der Waals surface area contributed by atoms with Gasteiger partial charge in [-0.05, 0) is 43.3 Å². The first-order chi connectivity index (χ1) is 14.7. The number of hydrogen-bond donors (Lipinski definition) is 1. The van der Waals surface area contributed by atoms with Gasteiger partial charge in [-0.2, -0.15) is 0 Å². The minimum atomic E-state index is -3.31. The molecular formula is C21H20N4O5S. The third-order valence-electron chi connectivity index (χ3n) is 5.03. The van der Waals surface area contributed by atoms with E-state index in [0.717, 1.165) is 11.8 Å². The lowest BCUT2D eigenvalue weighted by Crippen LogP contribution is -2.24. The Morgan fingerprint density at radius 3 is 2.42 bits per heavy atom. The zero-order valence-corrected chi connectivity index (χ0v) is 17.7. The van der Waals surface area contributed by atoms with Crippen LogP contribution >= 0.6 is 0 Å². The summed E-state index contributed by atoms with van der Waals surface area (Å²) in [6.45, 7) is 2.24. The highest BCUT2D eigenvalue weighted by Crippen LogP contribution is 2.32.